The molecule has 1 aliphatic heterocycles. The number of hydrogen-bond donors (Lipinski definition) is 0. The van der Waals surface area contributed by atoms with Crippen molar-refractivity contribution >= 4 is 28.2 Å². The highest BCUT2D eigenvalue weighted by molar-refractivity contribution is 6.08. The van der Waals surface area contributed by atoms with Crippen LogP contribution in [0.5, 0.6) is 0 Å². The van der Waals surface area contributed by atoms with E-state index in [0.29, 0.717) is 19.3 Å². The Labute approximate surface area is 205 Å². The van der Waals surface area contributed by atoms with E-state index in [2.05, 4.69) is 61.5 Å². The minimum Gasteiger partial charge on any atom is -0.294 e. The Kier molecular flexibility index (Phi) is 5.33. The number of carbonyl (C=O) groups is 2. The molecule has 0 radical (unpaired) electrons. The third-order valence-electron chi connectivity index (χ3n) is 7.44. The van der Waals surface area contributed by atoms with Crippen molar-refractivity contribution in [2.45, 2.75) is 38.0 Å². The summed E-state index contributed by atoms with van der Waals surface area (Å²) in [5, 5.41) is 2.22. The molecule has 172 valence electrons. The fourth-order valence-electron chi connectivity index (χ4n) is 5.78. The van der Waals surface area contributed by atoms with Gasteiger partial charge in [0.1, 0.15) is 0 Å². The zero-order chi connectivity index (χ0) is 23.9. The van der Waals surface area contributed by atoms with E-state index in [1.54, 1.807) is 0 Å². The Morgan fingerprint density at radius 1 is 0.686 bits per heavy atom. The summed E-state index contributed by atoms with van der Waals surface area (Å²) < 4.78 is 0. The largest absolute Gasteiger partial charge is 0.294 e. The number of allylic oxidation sites excluding steroid dienone is 2. The smallest absolute Gasteiger partial charge is 0.232 e. The monoisotopic (exact) mass is 457 g/mol. The van der Waals surface area contributed by atoms with Crippen LogP contribution in [0.25, 0.3) is 10.8 Å². The molecular formula is C32H27NO2. The highest BCUT2D eigenvalue weighted by Gasteiger charge is 2.42. The van der Waals surface area contributed by atoms with E-state index in [1.807, 2.05) is 47.4 Å². The molecule has 0 aromatic heterocycles. The Morgan fingerprint density at radius 2 is 1.43 bits per heavy atom. The molecule has 35 heavy (non-hydrogen) atoms. The van der Waals surface area contributed by atoms with Crippen LogP contribution in [0.4, 0.5) is 5.69 Å². The average molecular weight is 458 g/mol. The highest BCUT2D eigenvalue weighted by Crippen LogP contribution is 2.47. The van der Waals surface area contributed by atoms with Crippen LogP contribution in [0.3, 0.4) is 0 Å². The lowest BCUT2D eigenvalue weighted by Gasteiger charge is -2.40. The SMILES string of the molecule is Cc1cccc(C2CC(=O)N(c3ccc4ccccc4c3)C3=C2C(=O)CC(c2ccccc2)C3)c1. The molecule has 0 fully saturated rings. The lowest BCUT2D eigenvalue weighted by Crippen LogP contribution is -2.41. The predicted octanol–water partition coefficient (Wildman–Crippen LogP) is 7.07. The van der Waals surface area contributed by atoms with Gasteiger partial charge >= 0.3 is 0 Å². The van der Waals surface area contributed by atoms with Crippen molar-refractivity contribution in [3.8, 4) is 0 Å². The Bertz CT molecular complexity index is 1480. The molecule has 0 saturated heterocycles. The van der Waals surface area contributed by atoms with E-state index in [4.69, 9.17) is 0 Å². The molecule has 6 rings (SSSR count). The van der Waals surface area contributed by atoms with Gasteiger partial charge in [0.15, 0.2) is 5.78 Å². The number of amides is 1. The predicted molar refractivity (Wildman–Crippen MR) is 140 cm³/mol. The molecule has 3 nitrogen and oxygen atoms in total. The molecule has 1 aliphatic carbocycles. The fraction of sp³-hybridized carbons (Fsp3) is 0.188. The molecule has 2 unspecified atom stereocenters. The van der Waals surface area contributed by atoms with Crippen LogP contribution in [0.15, 0.2) is 108 Å². The van der Waals surface area contributed by atoms with E-state index in [9.17, 15) is 9.59 Å². The molecule has 3 heteroatoms. The van der Waals surface area contributed by atoms with Gasteiger partial charge in [-0.1, -0.05) is 90.5 Å². The number of nitrogens with zero attached hydrogens (tertiary/aromatic N) is 1. The van der Waals surface area contributed by atoms with Gasteiger partial charge in [-0.05, 0) is 53.3 Å². The second-order valence-electron chi connectivity index (χ2n) is 9.73. The van der Waals surface area contributed by atoms with Crippen molar-refractivity contribution in [3.63, 3.8) is 0 Å². The number of Topliss-reactive ketones (excluding diaryl/α,β-unsaturated/α-hetero) is 1. The number of hydrogen-bond acceptors (Lipinski definition) is 2. The lowest BCUT2D eigenvalue weighted by molar-refractivity contribution is -0.120. The van der Waals surface area contributed by atoms with E-state index >= 15 is 0 Å². The first-order chi connectivity index (χ1) is 17.1. The van der Waals surface area contributed by atoms with Crippen LogP contribution in [-0.4, -0.2) is 11.7 Å². The van der Waals surface area contributed by atoms with Gasteiger partial charge in [-0.25, -0.2) is 0 Å². The summed E-state index contributed by atoms with van der Waals surface area (Å²) in [6.07, 6.45) is 1.45. The van der Waals surface area contributed by atoms with Crippen molar-refractivity contribution < 1.29 is 9.59 Å². The van der Waals surface area contributed by atoms with Crippen molar-refractivity contribution in [1.82, 2.24) is 0 Å². The highest BCUT2D eigenvalue weighted by atomic mass is 16.2. The summed E-state index contributed by atoms with van der Waals surface area (Å²) in [4.78, 5) is 29.4. The number of carbonyl (C=O) groups excluding carboxylic acids is 2. The maximum absolute atomic E-state index is 13.8. The summed E-state index contributed by atoms with van der Waals surface area (Å²) in [6, 6.07) is 32.8. The third-order valence-corrected chi connectivity index (χ3v) is 7.44. The molecule has 2 atom stereocenters. The van der Waals surface area contributed by atoms with Gasteiger partial charge in [0.2, 0.25) is 5.91 Å². The van der Waals surface area contributed by atoms with Crippen LogP contribution in [-0.2, 0) is 9.59 Å². The molecular weight excluding hydrogens is 430 g/mol. The number of rotatable bonds is 3. The molecule has 2 aliphatic rings. The summed E-state index contributed by atoms with van der Waals surface area (Å²) >= 11 is 0. The minimum atomic E-state index is -0.196. The van der Waals surface area contributed by atoms with Crippen LogP contribution in [0, 0.1) is 6.92 Å². The Balaban J connectivity index is 1.52. The number of anilines is 1. The first kappa shape index (κ1) is 21.5. The lowest BCUT2D eigenvalue weighted by atomic mass is 9.72. The number of ketones is 1. The average Bonchev–Trinajstić information content (AvgIpc) is 2.88. The fourth-order valence-corrected chi connectivity index (χ4v) is 5.78. The van der Waals surface area contributed by atoms with Crippen molar-refractivity contribution in [2.75, 3.05) is 4.90 Å². The summed E-state index contributed by atoms with van der Waals surface area (Å²) in [7, 11) is 0. The van der Waals surface area contributed by atoms with Crippen molar-refractivity contribution in [2.24, 2.45) is 0 Å². The maximum Gasteiger partial charge on any atom is 0.232 e. The number of benzene rings is 4. The van der Waals surface area contributed by atoms with Gasteiger partial charge in [0, 0.05) is 35.7 Å². The topological polar surface area (TPSA) is 37.4 Å². The number of fused-ring (bicyclic) bond motifs is 1. The second kappa shape index (κ2) is 8.66. The van der Waals surface area contributed by atoms with E-state index in [1.165, 1.54) is 0 Å². The van der Waals surface area contributed by atoms with Crippen molar-refractivity contribution in [3.05, 3.63) is 125 Å². The summed E-state index contributed by atoms with van der Waals surface area (Å²) in [5.74, 6) is 0.0738. The minimum absolute atomic E-state index is 0.0482. The Hall–Kier alpha value is -3.98. The van der Waals surface area contributed by atoms with Crippen LogP contribution < -0.4 is 4.90 Å². The molecule has 4 aromatic carbocycles. The van der Waals surface area contributed by atoms with Crippen molar-refractivity contribution in [1.29, 1.82) is 0 Å². The quantitative estimate of drug-likeness (QED) is 0.330. The normalized spacial score (nSPS) is 20.3. The van der Waals surface area contributed by atoms with Gasteiger partial charge in [0.05, 0.1) is 0 Å². The zero-order valence-electron chi connectivity index (χ0n) is 19.8. The molecule has 4 aromatic rings. The van der Waals surface area contributed by atoms with E-state index in [-0.39, 0.29) is 23.5 Å². The molecule has 0 N–H and O–H groups in total. The molecule has 1 amide bonds. The maximum atomic E-state index is 13.8. The summed E-state index contributed by atoms with van der Waals surface area (Å²) in [6.45, 7) is 2.05. The second-order valence-corrected chi connectivity index (χ2v) is 9.73. The summed E-state index contributed by atoms with van der Waals surface area (Å²) in [5.41, 5.74) is 5.86. The number of aryl methyl sites for hydroxylation is 1. The van der Waals surface area contributed by atoms with Crippen LogP contribution in [0.2, 0.25) is 0 Å². The molecule has 0 spiro atoms. The van der Waals surface area contributed by atoms with Gasteiger partial charge < -0.3 is 0 Å². The van der Waals surface area contributed by atoms with Crippen LogP contribution >= 0.6 is 0 Å². The Morgan fingerprint density at radius 3 is 2.23 bits per heavy atom. The molecule has 0 saturated carbocycles. The third kappa shape index (κ3) is 3.87. The first-order valence-corrected chi connectivity index (χ1v) is 12.3. The molecule has 1 heterocycles. The van der Waals surface area contributed by atoms with Gasteiger partial charge in [-0.3, -0.25) is 14.5 Å². The molecule has 0 bridgehead atoms. The zero-order valence-corrected chi connectivity index (χ0v) is 19.8. The van der Waals surface area contributed by atoms with Gasteiger partial charge in [-0.2, -0.15) is 0 Å². The van der Waals surface area contributed by atoms with Gasteiger partial charge in [0.25, 0.3) is 0 Å². The van der Waals surface area contributed by atoms with Gasteiger partial charge in [-0.15, -0.1) is 0 Å². The van der Waals surface area contributed by atoms with E-state index < -0.39 is 0 Å². The first-order valence-electron chi connectivity index (χ1n) is 12.3. The van der Waals surface area contributed by atoms with E-state index in [0.717, 1.165) is 44.4 Å². The van der Waals surface area contributed by atoms with Crippen LogP contribution in [0.1, 0.15) is 47.8 Å². The standard InChI is InChI=1S/C32H27NO2/c1-21-8-7-13-25(16-21)28-20-31(35)33(27-15-14-23-11-5-6-12-24(23)17-27)29-18-26(19-30(34)32(28)29)22-9-3-2-4-10-22/h2-17,26,28H,18-20H2,1H3.